The van der Waals surface area contributed by atoms with Crippen molar-refractivity contribution in [1.29, 1.82) is 0 Å². The van der Waals surface area contributed by atoms with Crippen LogP contribution in [0.3, 0.4) is 0 Å². The molecule has 0 radical (unpaired) electrons. The van der Waals surface area contributed by atoms with E-state index in [-0.39, 0.29) is 22.8 Å². The Morgan fingerprint density at radius 1 is 1.38 bits per heavy atom. The molecule has 128 valence electrons. The second-order valence-electron chi connectivity index (χ2n) is 6.52. The normalized spacial score (nSPS) is 22.0. The van der Waals surface area contributed by atoms with Gasteiger partial charge in [0.1, 0.15) is 10.8 Å². The lowest BCUT2D eigenvalue weighted by molar-refractivity contribution is -0.120. The molecule has 6 heteroatoms. The molecule has 4 nitrogen and oxygen atoms in total. The second-order valence-corrected chi connectivity index (χ2v) is 7.28. The maximum Gasteiger partial charge on any atom is 0.255 e. The summed E-state index contributed by atoms with van der Waals surface area (Å²) in [4.78, 5) is 22.9. The van der Waals surface area contributed by atoms with Gasteiger partial charge in [-0.15, -0.1) is 0 Å². The number of hydrogen-bond acceptors (Lipinski definition) is 3. The molecule has 0 aliphatic heterocycles. The highest BCUT2D eigenvalue weighted by molar-refractivity contribution is 6.44. The Hall–Kier alpha value is -1.52. The molecule has 1 aromatic rings. The lowest BCUT2D eigenvalue weighted by Gasteiger charge is -2.33. The minimum Gasteiger partial charge on any atom is -0.482 e. The van der Waals surface area contributed by atoms with E-state index in [1.807, 2.05) is 6.07 Å². The van der Waals surface area contributed by atoms with Crippen LogP contribution in [-0.2, 0) is 16.0 Å². The van der Waals surface area contributed by atoms with Crippen molar-refractivity contribution in [2.45, 2.75) is 39.0 Å². The number of carbonyl (C=O) groups is 2. The lowest BCUT2D eigenvalue weighted by atomic mass is 9.70. The number of carbonyl (C=O) groups excluding carboxylic acids is 2. The molecule has 3 rings (SSSR count). The number of nitrogens with two attached hydrogens (primary N) is 1. The van der Waals surface area contributed by atoms with Crippen molar-refractivity contribution in [3.05, 3.63) is 33.3 Å². The molecule has 0 saturated heterocycles. The molecular weight excluding hydrogens is 349 g/mol. The van der Waals surface area contributed by atoms with Gasteiger partial charge in [0.05, 0.1) is 5.02 Å². The van der Waals surface area contributed by atoms with Crippen molar-refractivity contribution < 1.29 is 14.3 Å². The van der Waals surface area contributed by atoms with E-state index < -0.39 is 5.91 Å². The quantitative estimate of drug-likeness (QED) is 0.856. The van der Waals surface area contributed by atoms with Gasteiger partial charge in [0.2, 0.25) is 0 Å². The molecule has 1 unspecified atom stereocenters. The predicted octanol–water partition coefficient (Wildman–Crippen LogP) is 3.95. The zero-order valence-corrected chi connectivity index (χ0v) is 15.0. The Morgan fingerprint density at radius 3 is 2.79 bits per heavy atom. The van der Waals surface area contributed by atoms with E-state index in [1.165, 1.54) is 0 Å². The first-order valence-corrected chi connectivity index (χ1v) is 8.81. The van der Waals surface area contributed by atoms with Crippen LogP contribution in [0.25, 0.3) is 5.57 Å². The largest absolute Gasteiger partial charge is 0.482 e. The van der Waals surface area contributed by atoms with Gasteiger partial charge in [-0.1, -0.05) is 36.5 Å². The van der Waals surface area contributed by atoms with Gasteiger partial charge in [-0.25, -0.2) is 0 Å². The van der Waals surface area contributed by atoms with Gasteiger partial charge in [-0.3, -0.25) is 9.59 Å². The van der Waals surface area contributed by atoms with Crippen LogP contribution >= 0.6 is 23.2 Å². The smallest absolute Gasteiger partial charge is 0.255 e. The summed E-state index contributed by atoms with van der Waals surface area (Å²) >= 11 is 12.8. The van der Waals surface area contributed by atoms with Crippen molar-refractivity contribution in [3.63, 3.8) is 0 Å². The fourth-order valence-electron chi connectivity index (χ4n) is 3.93. The topological polar surface area (TPSA) is 69.4 Å². The summed E-state index contributed by atoms with van der Waals surface area (Å²) in [7, 11) is 0. The van der Waals surface area contributed by atoms with Crippen molar-refractivity contribution in [3.8, 4) is 5.75 Å². The highest BCUT2D eigenvalue weighted by Gasteiger charge is 2.45. The average Bonchev–Trinajstić information content (AvgIpc) is 2.83. The number of halogens is 2. The van der Waals surface area contributed by atoms with Crippen LogP contribution in [0.2, 0.25) is 10.0 Å². The number of ketones is 1. The van der Waals surface area contributed by atoms with Crippen LogP contribution in [0.1, 0.15) is 43.7 Å². The van der Waals surface area contributed by atoms with E-state index in [4.69, 9.17) is 33.7 Å². The van der Waals surface area contributed by atoms with Crippen molar-refractivity contribution >= 4 is 40.5 Å². The Morgan fingerprint density at radius 2 is 2.12 bits per heavy atom. The van der Waals surface area contributed by atoms with E-state index in [0.717, 1.165) is 42.4 Å². The third kappa shape index (κ3) is 2.82. The SMILES string of the molecule is CCCC12CCC(=O)C=C1c1c(cc(OCC(N)=O)c(Cl)c1Cl)C2. The van der Waals surface area contributed by atoms with Crippen LogP contribution in [0.4, 0.5) is 0 Å². The van der Waals surface area contributed by atoms with Gasteiger partial charge >= 0.3 is 0 Å². The number of amides is 1. The first kappa shape index (κ1) is 17.3. The third-order valence-electron chi connectivity index (χ3n) is 4.88. The molecule has 2 N–H and O–H groups in total. The van der Waals surface area contributed by atoms with Crippen LogP contribution < -0.4 is 10.5 Å². The summed E-state index contributed by atoms with van der Waals surface area (Å²) in [5.41, 5.74) is 7.94. The molecule has 2 aliphatic rings. The van der Waals surface area contributed by atoms with E-state index in [2.05, 4.69) is 6.92 Å². The third-order valence-corrected chi connectivity index (χ3v) is 5.73. The molecular formula is C18H19Cl2NO3. The Bertz CT molecular complexity index is 757. The first-order chi connectivity index (χ1) is 11.4. The number of primary amides is 1. The monoisotopic (exact) mass is 367 g/mol. The molecule has 2 aliphatic carbocycles. The Kier molecular flexibility index (Phi) is 4.63. The highest BCUT2D eigenvalue weighted by Crippen LogP contribution is 2.58. The zero-order valence-electron chi connectivity index (χ0n) is 13.5. The molecule has 0 bridgehead atoms. The van der Waals surface area contributed by atoms with Gasteiger partial charge in [0.25, 0.3) is 5.91 Å². The number of fused-ring (bicyclic) bond motifs is 3. The number of rotatable bonds is 5. The van der Waals surface area contributed by atoms with Crippen LogP contribution in [0, 0.1) is 5.41 Å². The minimum absolute atomic E-state index is 0.0553. The van der Waals surface area contributed by atoms with Crippen molar-refractivity contribution in [2.24, 2.45) is 11.1 Å². The first-order valence-electron chi connectivity index (χ1n) is 8.05. The number of ether oxygens (including phenoxy) is 1. The molecule has 0 spiro atoms. The molecule has 1 amide bonds. The van der Waals surface area contributed by atoms with Gasteiger partial charge in [-0.2, -0.15) is 0 Å². The van der Waals surface area contributed by atoms with Gasteiger partial charge in [0.15, 0.2) is 12.4 Å². The molecule has 24 heavy (non-hydrogen) atoms. The second kappa shape index (κ2) is 6.41. The van der Waals surface area contributed by atoms with Gasteiger partial charge in [0, 0.05) is 17.4 Å². The molecule has 1 aromatic carbocycles. The van der Waals surface area contributed by atoms with Crippen LogP contribution in [0.5, 0.6) is 5.75 Å². The Balaban J connectivity index is 2.09. The molecule has 0 aromatic heterocycles. The van der Waals surface area contributed by atoms with E-state index in [0.29, 0.717) is 17.2 Å². The summed E-state index contributed by atoms with van der Waals surface area (Å²) in [6.07, 6.45) is 5.94. The highest BCUT2D eigenvalue weighted by atomic mass is 35.5. The van der Waals surface area contributed by atoms with E-state index in [1.54, 1.807) is 6.08 Å². The van der Waals surface area contributed by atoms with E-state index >= 15 is 0 Å². The molecule has 0 saturated carbocycles. The molecule has 1 atom stereocenters. The summed E-state index contributed by atoms with van der Waals surface area (Å²) in [5, 5.41) is 0.635. The summed E-state index contributed by atoms with van der Waals surface area (Å²) < 4.78 is 5.39. The van der Waals surface area contributed by atoms with Crippen molar-refractivity contribution in [2.75, 3.05) is 6.61 Å². The number of hydrogen-bond donors (Lipinski definition) is 1. The maximum absolute atomic E-state index is 12.0. The van der Waals surface area contributed by atoms with Crippen molar-refractivity contribution in [1.82, 2.24) is 0 Å². The number of benzene rings is 1. The number of allylic oxidation sites excluding steroid dienone is 2. The summed E-state index contributed by atoms with van der Waals surface area (Å²) in [6.45, 7) is 1.89. The standard InChI is InChI=1S/C18H19Cl2NO3/c1-2-4-18-5-3-11(22)7-12(18)15-10(8-18)6-13(16(19)17(15)20)24-9-14(21)23/h6-7H,2-5,8-9H2,1H3,(H2,21,23). The zero-order chi connectivity index (χ0) is 17.5. The molecule has 0 heterocycles. The van der Waals surface area contributed by atoms with Crippen LogP contribution in [-0.4, -0.2) is 18.3 Å². The predicted molar refractivity (Wildman–Crippen MR) is 94.4 cm³/mol. The minimum atomic E-state index is -0.577. The Labute approximate surface area is 150 Å². The summed E-state index contributed by atoms with van der Waals surface area (Å²) in [5.74, 6) is -0.0885. The van der Waals surface area contributed by atoms with Gasteiger partial charge < -0.3 is 10.5 Å². The van der Waals surface area contributed by atoms with Crippen LogP contribution in [0.15, 0.2) is 12.1 Å². The average molecular weight is 368 g/mol. The maximum atomic E-state index is 12.0. The summed E-state index contributed by atoms with van der Waals surface area (Å²) in [6, 6.07) is 1.83. The van der Waals surface area contributed by atoms with E-state index in [9.17, 15) is 9.59 Å². The fourth-order valence-corrected chi connectivity index (χ4v) is 4.45. The fraction of sp³-hybridized carbons (Fsp3) is 0.444. The molecule has 0 fully saturated rings. The van der Waals surface area contributed by atoms with Gasteiger partial charge in [-0.05, 0) is 42.5 Å². The lowest BCUT2D eigenvalue weighted by Crippen LogP contribution is -2.25.